The number of hydrogen-bond donors (Lipinski definition) is 2. The van der Waals surface area contributed by atoms with Crippen molar-refractivity contribution in [3.63, 3.8) is 0 Å². The molecule has 0 heterocycles. The molecule has 0 aliphatic heterocycles. The Morgan fingerprint density at radius 2 is 1.44 bits per heavy atom. The van der Waals surface area contributed by atoms with Gasteiger partial charge in [0, 0.05) is 5.56 Å². The van der Waals surface area contributed by atoms with Crippen LogP contribution >= 0.6 is 0 Å². The summed E-state index contributed by atoms with van der Waals surface area (Å²) in [7, 11) is 0. The summed E-state index contributed by atoms with van der Waals surface area (Å²) in [5.41, 5.74) is 0.751. The highest BCUT2D eigenvalue weighted by atomic mass is 16.5. The molecule has 134 valence electrons. The van der Waals surface area contributed by atoms with E-state index in [0.717, 1.165) is 0 Å². The van der Waals surface area contributed by atoms with Gasteiger partial charge in [-0.1, -0.05) is 48.5 Å². The van der Waals surface area contributed by atoms with Crippen molar-refractivity contribution in [2.75, 3.05) is 0 Å². The summed E-state index contributed by atoms with van der Waals surface area (Å²) >= 11 is 0. The molecule has 0 aliphatic carbocycles. The van der Waals surface area contributed by atoms with Gasteiger partial charge in [-0.2, -0.15) is 0 Å². The van der Waals surface area contributed by atoms with Gasteiger partial charge in [-0.05, 0) is 48.0 Å². The molecule has 0 aliphatic rings. The van der Waals surface area contributed by atoms with Gasteiger partial charge in [0.1, 0.15) is 17.2 Å². The van der Waals surface area contributed by atoms with Crippen molar-refractivity contribution in [3.05, 3.63) is 102 Å². The van der Waals surface area contributed by atoms with E-state index < -0.39 is 11.9 Å². The predicted octanol–water partition coefficient (Wildman–Crippen LogP) is 4.33. The molecule has 3 aromatic carbocycles. The van der Waals surface area contributed by atoms with Crippen LogP contribution in [-0.4, -0.2) is 17.0 Å². The fourth-order valence-corrected chi connectivity index (χ4v) is 2.39. The number of carboxylic acid groups (broad SMARTS) is 1. The molecule has 0 fully saturated rings. The molecule has 3 aromatic rings. The zero-order chi connectivity index (χ0) is 19.1. The lowest BCUT2D eigenvalue weighted by atomic mass is 10.1. The van der Waals surface area contributed by atoms with E-state index in [2.05, 4.69) is 5.32 Å². The molecule has 0 radical (unpaired) electrons. The van der Waals surface area contributed by atoms with E-state index in [4.69, 9.17) is 4.74 Å². The highest BCUT2D eigenvalue weighted by Crippen LogP contribution is 2.22. The Bertz CT molecular complexity index is 966. The van der Waals surface area contributed by atoms with E-state index in [-0.39, 0.29) is 5.70 Å². The highest BCUT2D eigenvalue weighted by molar-refractivity contribution is 6.02. The molecule has 0 unspecified atom stereocenters. The van der Waals surface area contributed by atoms with Crippen molar-refractivity contribution in [1.29, 1.82) is 0 Å². The summed E-state index contributed by atoms with van der Waals surface area (Å²) in [6.45, 7) is 0. The predicted molar refractivity (Wildman–Crippen MR) is 102 cm³/mol. The molecule has 27 heavy (non-hydrogen) atoms. The second-order valence-electron chi connectivity index (χ2n) is 5.67. The molecule has 0 spiro atoms. The van der Waals surface area contributed by atoms with E-state index in [1.807, 2.05) is 30.3 Å². The standard InChI is InChI=1S/C22H17NO4/c24-21(17-9-3-1-4-10-17)23-20(22(25)26)15-16-8-7-13-19(14-16)27-18-11-5-2-6-12-18/h1-15H,(H,23,24)(H,25,26)/b20-15-. The topological polar surface area (TPSA) is 75.6 Å². The normalized spacial score (nSPS) is 10.9. The number of benzene rings is 3. The number of ether oxygens (including phenoxy) is 1. The van der Waals surface area contributed by atoms with Crippen LogP contribution in [0.25, 0.3) is 6.08 Å². The summed E-state index contributed by atoms with van der Waals surface area (Å²) in [4.78, 5) is 23.8. The summed E-state index contributed by atoms with van der Waals surface area (Å²) in [5, 5.41) is 11.9. The van der Waals surface area contributed by atoms with E-state index in [1.54, 1.807) is 54.6 Å². The zero-order valence-corrected chi connectivity index (χ0v) is 14.3. The molecule has 0 saturated heterocycles. The fourth-order valence-electron chi connectivity index (χ4n) is 2.39. The van der Waals surface area contributed by atoms with Crippen molar-refractivity contribution in [1.82, 2.24) is 5.32 Å². The van der Waals surface area contributed by atoms with Gasteiger partial charge in [0.2, 0.25) is 0 Å². The van der Waals surface area contributed by atoms with Crippen molar-refractivity contribution < 1.29 is 19.4 Å². The molecular formula is C22H17NO4. The fraction of sp³-hybridized carbons (Fsp3) is 0. The van der Waals surface area contributed by atoms with E-state index in [9.17, 15) is 14.7 Å². The molecular weight excluding hydrogens is 342 g/mol. The van der Waals surface area contributed by atoms with Crippen LogP contribution in [0.3, 0.4) is 0 Å². The number of aliphatic carboxylic acids is 1. The first-order valence-corrected chi connectivity index (χ1v) is 8.26. The van der Waals surface area contributed by atoms with Crippen molar-refractivity contribution in [2.45, 2.75) is 0 Å². The minimum absolute atomic E-state index is 0.222. The van der Waals surface area contributed by atoms with Gasteiger partial charge in [0.25, 0.3) is 5.91 Å². The van der Waals surface area contributed by atoms with Crippen LogP contribution in [0.15, 0.2) is 90.6 Å². The molecule has 1 amide bonds. The minimum Gasteiger partial charge on any atom is -0.477 e. The first kappa shape index (κ1) is 17.9. The summed E-state index contributed by atoms with van der Waals surface area (Å²) < 4.78 is 5.75. The number of amides is 1. The van der Waals surface area contributed by atoms with Gasteiger partial charge >= 0.3 is 5.97 Å². The Labute approximate surface area is 156 Å². The molecule has 0 bridgehead atoms. The average molecular weight is 359 g/mol. The third-order valence-electron chi connectivity index (χ3n) is 3.66. The van der Waals surface area contributed by atoms with E-state index in [1.165, 1.54) is 6.08 Å². The lowest BCUT2D eigenvalue weighted by Gasteiger charge is -2.08. The molecule has 0 saturated carbocycles. The highest BCUT2D eigenvalue weighted by Gasteiger charge is 2.13. The van der Waals surface area contributed by atoms with Crippen LogP contribution in [0.4, 0.5) is 0 Å². The van der Waals surface area contributed by atoms with Gasteiger partial charge < -0.3 is 15.2 Å². The van der Waals surface area contributed by atoms with Crippen molar-refractivity contribution in [3.8, 4) is 11.5 Å². The maximum absolute atomic E-state index is 12.2. The summed E-state index contributed by atoms with van der Waals surface area (Å²) in [5.74, 6) is -0.474. The third kappa shape index (κ3) is 5.06. The average Bonchev–Trinajstić information content (AvgIpc) is 2.69. The number of para-hydroxylation sites is 1. The summed E-state index contributed by atoms with van der Waals surface area (Å²) in [6, 6.07) is 24.6. The monoisotopic (exact) mass is 359 g/mol. The number of hydrogen-bond acceptors (Lipinski definition) is 3. The van der Waals surface area contributed by atoms with Crippen LogP contribution < -0.4 is 10.1 Å². The van der Waals surface area contributed by atoms with Crippen LogP contribution in [0.1, 0.15) is 15.9 Å². The first-order chi connectivity index (χ1) is 13.1. The molecule has 5 nitrogen and oxygen atoms in total. The lowest BCUT2D eigenvalue weighted by molar-refractivity contribution is -0.132. The summed E-state index contributed by atoms with van der Waals surface area (Å²) in [6.07, 6.45) is 1.39. The van der Waals surface area contributed by atoms with Crippen LogP contribution in [-0.2, 0) is 4.79 Å². The quantitative estimate of drug-likeness (QED) is 0.642. The molecule has 0 atom stereocenters. The second kappa shape index (κ2) is 8.49. The largest absolute Gasteiger partial charge is 0.477 e. The third-order valence-corrected chi connectivity index (χ3v) is 3.66. The maximum atomic E-state index is 12.2. The number of carbonyl (C=O) groups excluding carboxylic acids is 1. The zero-order valence-electron chi connectivity index (χ0n) is 14.3. The Kier molecular flexibility index (Phi) is 5.64. The molecule has 0 aromatic heterocycles. The SMILES string of the molecule is O=C(O)/C(=C/c1cccc(Oc2ccccc2)c1)NC(=O)c1ccccc1. The Morgan fingerprint density at radius 3 is 2.11 bits per heavy atom. The smallest absolute Gasteiger partial charge is 0.352 e. The molecule has 3 rings (SSSR count). The molecule has 2 N–H and O–H groups in total. The van der Waals surface area contributed by atoms with Crippen molar-refractivity contribution >= 4 is 18.0 Å². The molecule has 5 heteroatoms. The van der Waals surface area contributed by atoms with Crippen molar-refractivity contribution in [2.24, 2.45) is 0 Å². The lowest BCUT2D eigenvalue weighted by Crippen LogP contribution is -2.27. The van der Waals surface area contributed by atoms with E-state index >= 15 is 0 Å². The number of carboxylic acids is 1. The van der Waals surface area contributed by atoms with Gasteiger partial charge in [-0.15, -0.1) is 0 Å². The van der Waals surface area contributed by atoms with Crippen LogP contribution in [0.5, 0.6) is 11.5 Å². The Morgan fingerprint density at radius 1 is 0.815 bits per heavy atom. The number of carbonyl (C=O) groups is 2. The van der Waals surface area contributed by atoms with Crippen LogP contribution in [0.2, 0.25) is 0 Å². The van der Waals surface area contributed by atoms with Gasteiger partial charge in [0.05, 0.1) is 0 Å². The van der Waals surface area contributed by atoms with Gasteiger partial charge in [0.15, 0.2) is 0 Å². The van der Waals surface area contributed by atoms with Crippen LogP contribution in [0, 0.1) is 0 Å². The van der Waals surface area contributed by atoms with Gasteiger partial charge in [-0.3, -0.25) is 4.79 Å². The number of nitrogens with one attached hydrogen (secondary N) is 1. The number of rotatable bonds is 6. The Hall–Kier alpha value is -3.86. The Balaban J connectivity index is 1.80. The van der Waals surface area contributed by atoms with Gasteiger partial charge in [-0.25, -0.2) is 4.79 Å². The maximum Gasteiger partial charge on any atom is 0.352 e. The first-order valence-electron chi connectivity index (χ1n) is 8.26. The van der Waals surface area contributed by atoms with E-state index in [0.29, 0.717) is 22.6 Å². The minimum atomic E-state index is -1.23. The second-order valence-corrected chi connectivity index (χ2v) is 5.67.